The van der Waals surface area contributed by atoms with E-state index in [9.17, 15) is 80.9 Å². The first-order valence-electron chi connectivity index (χ1n) is 29.8. The van der Waals surface area contributed by atoms with Gasteiger partial charge in [-0.2, -0.15) is 0 Å². The van der Waals surface area contributed by atoms with Crippen molar-refractivity contribution in [1.82, 2.24) is 58.5 Å². The molecule has 30 heteroatoms. The highest BCUT2D eigenvalue weighted by Gasteiger charge is 2.62. The number of benzene rings is 1. The molecule has 1 aromatic rings. The third-order valence-electron chi connectivity index (χ3n) is 16.5. The molecule has 88 heavy (non-hydrogen) atoms. The van der Waals surface area contributed by atoms with E-state index in [1.807, 2.05) is 0 Å². The first-order valence-corrected chi connectivity index (χ1v) is 29.8. The predicted molar refractivity (Wildman–Crippen MR) is 312 cm³/mol. The van der Waals surface area contributed by atoms with Gasteiger partial charge in [0.25, 0.3) is 0 Å². The second-order valence-electron chi connectivity index (χ2n) is 23.0. The number of aliphatic hydroxyl groups excluding tert-OH is 2. The molecule has 3 rings (SSSR count). The van der Waals surface area contributed by atoms with Crippen molar-refractivity contribution in [3.63, 3.8) is 0 Å². The molecule has 1 aliphatic carbocycles. The molecule has 15 N–H and O–H groups in total. The molecule has 1 aliphatic heterocycles. The normalized spacial score (nSPS) is 23.4. The Morgan fingerprint density at radius 3 is 1.59 bits per heavy atom. The van der Waals surface area contributed by atoms with Crippen LogP contribution in [0, 0.1) is 35.4 Å². The lowest BCUT2D eigenvalue weighted by molar-refractivity contribution is -0.157. The fourth-order valence-electron chi connectivity index (χ4n) is 9.71. The van der Waals surface area contributed by atoms with Gasteiger partial charge in [-0.25, -0.2) is 18.0 Å². The van der Waals surface area contributed by atoms with Crippen LogP contribution in [-0.4, -0.2) is 180 Å². The summed E-state index contributed by atoms with van der Waals surface area (Å²) in [5.41, 5.74) is 4.21. The van der Waals surface area contributed by atoms with Gasteiger partial charge < -0.3 is 79.2 Å². The van der Waals surface area contributed by atoms with Gasteiger partial charge in [-0.1, -0.05) is 93.2 Å². The van der Waals surface area contributed by atoms with E-state index < -0.39 is 217 Å². The molecule has 0 bridgehead atoms. The summed E-state index contributed by atoms with van der Waals surface area (Å²) in [6, 6.07) is -9.59. The Balaban J connectivity index is 1.85. The van der Waals surface area contributed by atoms with Crippen molar-refractivity contribution in [2.24, 2.45) is 35.3 Å². The molecule has 1 spiro atoms. The van der Waals surface area contributed by atoms with Crippen molar-refractivity contribution in [2.45, 2.75) is 206 Å². The van der Waals surface area contributed by atoms with Crippen molar-refractivity contribution >= 4 is 70.9 Å². The number of alkyl halides is 2. The number of hydrogen-bond donors (Lipinski definition) is 14. The van der Waals surface area contributed by atoms with Crippen molar-refractivity contribution < 1.29 is 85.7 Å². The van der Waals surface area contributed by atoms with E-state index in [-0.39, 0.29) is 32.1 Å². The smallest absolute Gasteiger partial charge is 0.329 e. The molecule has 11 amide bonds. The SMILES string of the molecule is CC[C@H](C)[C@H](NC(=O)[C@@H](Cc1ccc(F)cc1)NC)C(=O)N[C@@H](CO)C(=O)N[C@H](CCC(N)=O)C(=O)N[C@@H](C(=O)N[C@H](C(=O)N[C@@H](CO)C(=O)N[C@H]1C(=O)N[C@@H](C)C(=O)N[C@@]2(C[C@H]2CC(F)F)C(=O)N[C@@H]([C@@H](C)CC)C(=O)O[C@H]1C)[C@@H](C)CC)[C@@H](C)CC. The van der Waals surface area contributed by atoms with Crippen LogP contribution in [0.2, 0.25) is 0 Å². The van der Waals surface area contributed by atoms with Gasteiger partial charge in [-0.3, -0.25) is 52.7 Å². The van der Waals surface area contributed by atoms with E-state index in [1.165, 1.54) is 45.2 Å². The summed E-state index contributed by atoms with van der Waals surface area (Å²) in [6.45, 7) is 13.5. The summed E-state index contributed by atoms with van der Waals surface area (Å²) >= 11 is 0. The van der Waals surface area contributed by atoms with E-state index in [4.69, 9.17) is 10.5 Å². The first-order chi connectivity index (χ1) is 41.4. The summed E-state index contributed by atoms with van der Waals surface area (Å²) in [6.07, 6.45) is -5.02. The number of cyclic esters (lactones) is 1. The molecule has 1 saturated heterocycles. The van der Waals surface area contributed by atoms with E-state index in [1.54, 1.807) is 55.4 Å². The zero-order chi connectivity index (χ0) is 66.5. The second-order valence-corrected chi connectivity index (χ2v) is 23.0. The lowest BCUT2D eigenvalue weighted by Gasteiger charge is -2.31. The number of amides is 11. The Morgan fingerprint density at radius 1 is 0.659 bits per heavy atom. The third kappa shape index (κ3) is 21.1. The second kappa shape index (κ2) is 34.9. The van der Waals surface area contributed by atoms with Crippen molar-refractivity contribution in [3.8, 4) is 0 Å². The fraction of sp³-hybridized carbons (Fsp3) is 0.690. The Morgan fingerprint density at radius 2 is 1.12 bits per heavy atom. The Hall–Kier alpha value is -7.47. The maximum Gasteiger partial charge on any atom is 0.329 e. The molecule has 0 aromatic heterocycles. The average molecular weight is 1250 g/mol. The molecule has 27 nitrogen and oxygen atoms in total. The van der Waals surface area contributed by atoms with Crippen molar-refractivity contribution in [3.05, 3.63) is 35.6 Å². The number of carbonyl (C=O) groups is 12. The Bertz CT molecular complexity index is 2620. The van der Waals surface area contributed by atoms with Crippen LogP contribution in [0.15, 0.2) is 24.3 Å². The zero-order valence-corrected chi connectivity index (χ0v) is 51.8. The molecule has 2 aliphatic rings. The van der Waals surface area contributed by atoms with Crippen LogP contribution in [-0.2, 0) is 68.7 Å². The minimum Gasteiger partial charge on any atom is -0.458 e. The van der Waals surface area contributed by atoms with Crippen LogP contribution in [0.4, 0.5) is 13.2 Å². The highest BCUT2D eigenvalue weighted by atomic mass is 19.3. The Kier molecular flexibility index (Phi) is 29.7. The molecular weight excluding hydrogens is 1160 g/mol. The molecule has 1 aromatic carbocycles. The van der Waals surface area contributed by atoms with Gasteiger partial charge in [-0.15, -0.1) is 0 Å². The zero-order valence-electron chi connectivity index (χ0n) is 51.8. The van der Waals surface area contributed by atoms with E-state index in [0.29, 0.717) is 12.0 Å². The number of ether oxygens (including phenoxy) is 1. The van der Waals surface area contributed by atoms with Gasteiger partial charge in [0.15, 0.2) is 0 Å². The number of nitrogens with one attached hydrogen (secondary N) is 11. The highest BCUT2D eigenvalue weighted by molar-refractivity contribution is 6.01. The van der Waals surface area contributed by atoms with Crippen LogP contribution in [0.1, 0.15) is 126 Å². The maximum atomic E-state index is 14.4. The Labute approximate surface area is 510 Å². The fourth-order valence-corrected chi connectivity index (χ4v) is 9.71. The summed E-state index contributed by atoms with van der Waals surface area (Å²) in [7, 11) is 1.52. The lowest BCUT2D eigenvalue weighted by Crippen LogP contribution is -2.63. The van der Waals surface area contributed by atoms with Crippen molar-refractivity contribution in [1.29, 1.82) is 0 Å². The first kappa shape index (κ1) is 74.8. The quantitative estimate of drug-likeness (QED) is 0.0356. The summed E-state index contributed by atoms with van der Waals surface area (Å²) in [4.78, 5) is 165. The molecule has 17 atom stereocenters. The summed E-state index contributed by atoms with van der Waals surface area (Å²) in [5.74, 6) is -15.8. The minimum absolute atomic E-state index is 0.123. The molecule has 494 valence electrons. The number of aliphatic hydroxyl groups is 2. The number of nitrogens with two attached hydrogens (primary N) is 1. The number of hydrogen-bond acceptors (Lipinski definition) is 16. The van der Waals surface area contributed by atoms with Crippen LogP contribution in [0.25, 0.3) is 0 Å². The molecule has 0 radical (unpaired) electrons. The minimum atomic E-state index is -2.84. The topological polar surface area (TPSA) is 413 Å². The standard InChI is InChI=1S/C58H91F3N12O15/c1-12-27(5)42(69-49(79)37(63-11)22-33-16-18-35(59)19-17-33)52(82)66-38(25-74)50(80)65-36(20-21-41(62)76)48(78)68-44(29(7)14-3)54(84)70-43(28(6)13-2)53(83)67-39(26-75)51(81)71-46-32(10)88-56(86)45(30(8)15-4)72-57(87)58(24-34(58)23-40(60)61)73-47(77)31(9)64-55(46)85/h16-19,27-32,34,36-40,42-46,63,74-75H,12-15,20-26H2,1-11H3,(H2,62,76)(H,64,85)(H,65,80)(H,66,82)(H,67,83)(H,68,78)(H,69,79)(H,70,84)(H,71,81)(H,72,87)(H,73,77)/t27-,28-,29-,30-,31-,32-,34+,36+,37+,38-,39-,42-,43-,44+,45-,46+,58+/m0/s1. The van der Waals surface area contributed by atoms with E-state index >= 15 is 0 Å². The summed E-state index contributed by atoms with van der Waals surface area (Å²) < 4.78 is 46.3. The number of primary amides is 1. The molecular formula is C58H91F3N12O15. The average Bonchev–Trinajstić information content (AvgIpc) is 1.59. The van der Waals surface area contributed by atoms with Crippen LogP contribution >= 0.6 is 0 Å². The van der Waals surface area contributed by atoms with Gasteiger partial charge in [0, 0.05) is 12.8 Å². The molecule has 2 fully saturated rings. The van der Waals surface area contributed by atoms with Crippen LogP contribution in [0.5, 0.6) is 0 Å². The van der Waals surface area contributed by atoms with Crippen LogP contribution in [0.3, 0.4) is 0 Å². The number of likely N-dealkylation sites (N-methyl/N-ethyl adjacent to an activating group) is 1. The highest BCUT2D eigenvalue weighted by Crippen LogP contribution is 2.48. The lowest BCUT2D eigenvalue weighted by atomic mass is 9.94. The van der Waals surface area contributed by atoms with Gasteiger partial charge in [-0.05, 0) is 87.4 Å². The largest absolute Gasteiger partial charge is 0.458 e. The molecule has 1 heterocycles. The number of halogens is 3. The van der Waals surface area contributed by atoms with Gasteiger partial charge in [0.1, 0.15) is 71.8 Å². The van der Waals surface area contributed by atoms with Crippen molar-refractivity contribution in [2.75, 3.05) is 20.3 Å². The van der Waals surface area contributed by atoms with E-state index in [2.05, 4.69) is 58.5 Å². The van der Waals surface area contributed by atoms with Crippen LogP contribution < -0.4 is 64.2 Å². The molecule has 1 saturated carbocycles. The number of rotatable bonds is 32. The van der Waals surface area contributed by atoms with Gasteiger partial charge in [0.05, 0.1) is 19.3 Å². The van der Waals surface area contributed by atoms with E-state index in [0.717, 1.165) is 0 Å². The summed E-state index contributed by atoms with van der Waals surface area (Å²) in [5, 5.41) is 48.5. The van der Waals surface area contributed by atoms with Gasteiger partial charge in [0.2, 0.25) is 71.4 Å². The monoisotopic (exact) mass is 1250 g/mol. The predicted octanol–water partition coefficient (Wildman–Crippen LogP) is -1.75. The maximum absolute atomic E-state index is 14.4. The third-order valence-corrected chi connectivity index (χ3v) is 16.5. The van der Waals surface area contributed by atoms with Gasteiger partial charge >= 0.3 is 5.97 Å². The molecule has 0 unspecified atom stereocenters. The number of carbonyl (C=O) groups excluding carboxylic acids is 12. The number of esters is 1.